The van der Waals surface area contributed by atoms with Gasteiger partial charge in [0.1, 0.15) is 0 Å². The lowest BCUT2D eigenvalue weighted by molar-refractivity contribution is 0.669. The van der Waals surface area contributed by atoms with E-state index >= 15 is 0 Å². The van der Waals surface area contributed by atoms with Crippen LogP contribution < -0.4 is 10.6 Å². The van der Waals surface area contributed by atoms with Gasteiger partial charge in [-0.25, -0.2) is 9.97 Å². The van der Waals surface area contributed by atoms with Crippen LogP contribution in [0.25, 0.3) is 0 Å². The maximum absolute atomic E-state index is 5.65. The third kappa shape index (κ3) is 2.92. The molecule has 4 heteroatoms. The molecule has 1 atom stereocenters. The van der Waals surface area contributed by atoms with Crippen LogP contribution in [0.1, 0.15) is 38.1 Å². The molecule has 1 aromatic heterocycles. The van der Waals surface area contributed by atoms with Gasteiger partial charge in [-0.1, -0.05) is 13.8 Å². The Kier molecular flexibility index (Phi) is 4.24. The SMILES string of the molecule is Cc1cc(C(C)C)nc(N(C)C(C)CN)n1. The van der Waals surface area contributed by atoms with Gasteiger partial charge in [-0.2, -0.15) is 0 Å². The van der Waals surface area contributed by atoms with E-state index in [9.17, 15) is 0 Å². The molecule has 90 valence electrons. The predicted molar refractivity (Wildman–Crippen MR) is 67.8 cm³/mol. The fourth-order valence-electron chi connectivity index (χ4n) is 1.39. The average molecular weight is 222 g/mol. The van der Waals surface area contributed by atoms with E-state index in [0.29, 0.717) is 12.5 Å². The minimum absolute atomic E-state index is 0.252. The zero-order chi connectivity index (χ0) is 12.3. The standard InChI is InChI=1S/C12H22N4/c1-8(2)11-6-9(3)14-12(15-11)16(5)10(4)7-13/h6,8,10H,7,13H2,1-5H3. The quantitative estimate of drug-likeness (QED) is 0.842. The fourth-order valence-corrected chi connectivity index (χ4v) is 1.39. The minimum atomic E-state index is 0.252. The number of likely N-dealkylation sites (N-methyl/N-ethyl adjacent to an activating group) is 1. The van der Waals surface area contributed by atoms with Crippen LogP contribution in [0.5, 0.6) is 0 Å². The lowest BCUT2D eigenvalue weighted by Gasteiger charge is -2.24. The lowest BCUT2D eigenvalue weighted by atomic mass is 10.1. The van der Waals surface area contributed by atoms with E-state index in [-0.39, 0.29) is 6.04 Å². The summed E-state index contributed by atoms with van der Waals surface area (Å²) in [5.74, 6) is 1.18. The van der Waals surface area contributed by atoms with E-state index in [1.54, 1.807) is 0 Å². The maximum Gasteiger partial charge on any atom is 0.225 e. The van der Waals surface area contributed by atoms with Crippen molar-refractivity contribution in [3.63, 3.8) is 0 Å². The van der Waals surface area contributed by atoms with Gasteiger partial charge in [0.25, 0.3) is 0 Å². The zero-order valence-electron chi connectivity index (χ0n) is 10.9. The summed E-state index contributed by atoms with van der Waals surface area (Å²) in [6, 6.07) is 2.29. The van der Waals surface area contributed by atoms with Crippen LogP contribution in [0.15, 0.2) is 6.07 Å². The molecular formula is C12H22N4. The Bertz CT molecular complexity index is 349. The molecule has 1 rings (SSSR count). The molecule has 0 amide bonds. The first-order valence-corrected chi connectivity index (χ1v) is 5.74. The van der Waals surface area contributed by atoms with Crippen LogP contribution >= 0.6 is 0 Å². The highest BCUT2D eigenvalue weighted by Gasteiger charge is 2.13. The molecular weight excluding hydrogens is 200 g/mol. The molecule has 4 nitrogen and oxygen atoms in total. The highest BCUT2D eigenvalue weighted by molar-refractivity contribution is 5.33. The first-order chi connectivity index (χ1) is 7.45. The molecule has 0 aliphatic heterocycles. The van der Waals surface area contributed by atoms with Crippen molar-refractivity contribution in [3.05, 3.63) is 17.5 Å². The Balaban J connectivity index is 3.04. The van der Waals surface area contributed by atoms with E-state index in [4.69, 9.17) is 5.73 Å². The van der Waals surface area contributed by atoms with Crippen LogP contribution in [0.4, 0.5) is 5.95 Å². The van der Waals surface area contributed by atoms with Crippen LogP contribution in [0.3, 0.4) is 0 Å². The third-order valence-corrected chi connectivity index (χ3v) is 2.77. The summed E-state index contributed by atoms with van der Waals surface area (Å²) < 4.78 is 0. The van der Waals surface area contributed by atoms with Gasteiger partial charge < -0.3 is 10.6 Å². The number of anilines is 1. The molecule has 16 heavy (non-hydrogen) atoms. The van der Waals surface area contributed by atoms with Crippen LogP contribution in [0, 0.1) is 6.92 Å². The number of aryl methyl sites for hydroxylation is 1. The Morgan fingerprint density at radius 1 is 1.31 bits per heavy atom. The van der Waals surface area contributed by atoms with Gasteiger partial charge in [-0.3, -0.25) is 0 Å². The minimum Gasteiger partial charge on any atom is -0.340 e. The van der Waals surface area contributed by atoms with Gasteiger partial charge in [-0.15, -0.1) is 0 Å². The van der Waals surface area contributed by atoms with E-state index in [0.717, 1.165) is 17.3 Å². The molecule has 0 aliphatic carbocycles. The smallest absolute Gasteiger partial charge is 0.225 e. The zero-order valence-corrected chi connectivity index (χ0v) is 10.9. The molecule has 0 saturated carbocycles. The summed E-state index contributed by atoms with van der Waals surface area (Å²) in [5.41, 5.74) is 7.74. The number of nitrogens with two attached hydrogens (primary N) is 1. The van der Waals surface area contributed by atoms with E-state index in [2.05, 4.69) is 30.7 Å². The maximum atomic E-state index is 5.65. The average Bonchev–Trinajstić information content (AvgIpc) is 2.26. The molecule has 0 aliphatic rings. The van der Waals surface area contributed by atoms with Crippen molar-refractivity contribution in [3.8, 4) is 0 Å². The van der Waals surface area contributed by atoms with Gasteiger partial charge >= 0.3 is 0 Å². The predicted octanol–water partition coefficient (Wildman–Crippen LogP) is 1.69. The molecule has 1 unspecified atom stereocenters. The van der Waals surface area contributed by atoms with Crippen molar-refractivity contribution >= 4 is 5.95 Å². The van der Waals surface area contributed by atoms with Crippen molar-refractivity contribution in [1.82, 2.24) is 9.97 Å². The van der Waals surface area contributed by atoms with Crippen LogP contribution in [0.2, 0.25) is 0 Å². The van der Waals surface area contributed by atoms with Crippen LogP contribution in [-0.4, -0.2) is 29.6 Å². The van der Waals surface area contributed by atoms with Gasteiger partial charge in [-0.05, 0) is 25.8 Å². The third-order valence-electron chi connectivity index (χ3n) is 2.77. The van der Waals surface area contributed by atoms with Gasteiger partial charge in [0, 0.05) is 31.0 Å². The van der Waals surface area contributed by atoms with Gasteiger partial charge in [0.15, 0.2) is 0 Å². The molecule has 0 spiro atoms. The van der Waals surface area contributed by atoms with E-state index < -0.39 is 0 Å². The fraction of sp³-hybridized carbons (Fsp3) is 0.667. The molecule has 0 bridgehead atoms. The highest BCUT2D eigenvalue weighted by atomic mass is 15.3. The summed E-state index contributed by atoms with van der Waals surface area (Å²) in [4.78, 5) is 11.0. The van der Waals surface area contributed by atoms with Crippen molar-refractivity contribution < 1.29 is 0 Å². The number of aromatic nitrogens is 2. The van der Waals surface area contributed by atoms with E-state index in [1.807, 2.05) is 24.9 Å². The number of hydrogen-bond donors (Lipinski definition) is 1. The molecule has 2 N–H and O–H groups in total. The van der Waals surface area contributed by atoms with Gasteiger partial charge in [0.05, 0.1) is 0 Å². The number of nitrogens with zero attached hydrogens (tertiary/aromatic N) is 3. The molecule has 0 saturated heterocycles. The highest BCUT2D eigenvalue weighted by Crippen LogP contribution is 2.17. The summed E-state index contributed by atoms with van der Waals surface area (Å²) in [5, 5.41) is 0. The summed E-state index contributed by atoms with van der Waals surface area (Å²) in [6.45, 7) is 8.94. The Morgan fingerprint density at radius 2 is 1.94 bits per heavy atom. The summed E-state index contributed by atoms with van der Waals surface area (Å²) in [7, 11) is 1.98. The summed E-state index contributed by atoms with van der Waals surface area (Å²) in [6.07, 6.45) is 0. The Labute approximate surface area is 97.9 Å². The van der Waals surface area contributed by atoms with Crippen molar-refractivity contribution in [2.45, 2.75) is 39.7 Å². The molecule has 0 fully saturated rings. The van der Waals surface area contributed by atoms with E-state index in [1.165, 1.54) is 0 Å². The van der Waals surface area contributed by atoms with Crippen molar-refractivity contribution in [1.29, 1.82) is 0 Å². The number of rotatable bonds is 4. The second-order valence-electron chi connectivity index (χ2n) is 4.58. The number of hydrogen-bond acceptors (Lipinski definition) is 4. The second kappa shape index (κ2) is 5.25. The summed E-state index contributed by atoms with van der Waals surface area (Å²) >= 11 is 0. The monoisotopic (exact) mass is 222 g/mol. The first-order valence-electron chi connectivity index (χ1n) is 5.74. The largest absolute Gasteiger partial charge is 0.340 e. The molecule has 1 aromatic rings. The van der Waals surface area contributed by atoms with Gasteiger partial charge in [0.2, 0.25) is 5.95 Å². The van der Waals surface area contributed by atoms with Crippen molar-refractivity contribution in [2.75, 3.05) is 18.5 Å². The Hall–Kier alpha value is -1.16. The van der Waals surface area contributed by atoms with Crippen molar-refractivity contribution in [2.24, 2.45) is 5.73 Å². The first kappa shape index (κ1) is 12.9. The topological polar surface area (TPSA) is 55.0 Å². The Morgan fingerprint density at radius 3 is 2.44 bits per heavy atom. The second-order valence-corrected chi connectivity index (χ2v) is 4.58. The normalized spacial score (nSPS) is 12.9. The molecule has 1 heterocycles. The van der Waals surface area contributed by atoms with Crippen LogP contribution in [-0.2, 0) is 0 Å². The molecule has 0 radical (unpaired) electrons. The molecule has 0 aromatic carbocycles. The lowest BCUT2D eigenvalue weighted by Crippen LogP contribution is -2.36.